The van der Waals surface area contributed by atoms with E-state index >= 15 is 0 Å². The molecule has 1 aromatic carbocycles. The highest BCUT2D eigenvalue weighted by Gasteiger charge is 2.10. The van der Waals surface area contributed by atoms with E-state index in [2.05, 4.69) is 0 Å². The Bertz CT molecular complexity index is 464. The minimum Gasteiger partial charge on any atom is -0.499 e. The Balaban J connectivity index is 2.68. The Labute approximate surface area is 90.7 Å². The quantitative estimate of drug-likeness (QED) is 0.850. The zero-order valence-electron chi connectivity index (χ0n) is 7.58. The Morgan fingerprint density at radius 2 is 2.29 bits per heavy atom. The molecule has 0 amide bonds. The maximum atomic E-state index is 9.36. The van der Waals surface area contributed by atoms with Crippen molar-refractivity contribution in [3.8, 4) is 10.8 Å². The average molecular weight is 229 g/mol. The van der Waals surface area contributed by atoms with Gasteiger partial charge in [0, 0.05) is 16.2 Å². The number of ether oxygens (including phenoxy) is 1. The molecule has 0 bridgehead atoms. The van der Waals surface area contributed by atoms with Crippen LogP contribution >= 0.6 is 22.9 Å². The number of halogens is 1. The number of aromatic hydroxyl groups is 1. The van der Waals surface area contributed by atoms with Crippen LogP contribution in [0.2, 0.25) is 5.02 Å². The number of benzene rings is 1. The second-order valence-corrected chi connectivity index (χ2v) is 4.28. The van der Waals surface area contributed by atoms with Crippen LogP contribution in [0.3, 0.4) is 0 Å². The van der Waals surface area contributed by atoms with Crippen molar-refractivity contribution in [2.45, 2.75) is 6.92 Å². The molecule has 1 aromatic heterocycles. The number of hydrogen-bond acceptors (Lipinski definition) is 3. The van der Waals surface area contributed by atoms with Crippen LogP contribution in [0.4, 0.5) is 0 Å². The monoisotopic (exact) mass is 228 g/mol. The molecule has 0 unspecified atom stereocenters. The topological polar surface area (TPSA) is 29.5 Å². The van der Waals surface area contributed by atoms with E-state index in [0.717, 1.165) is 10.1 Å². The van der Waals surface area contributed by atoms with E-state index in [1.807, 2.05) is 13.0 Å². The smallest absolute Gasteiger partial charge is 0.172 e. The van der Waals surface area contributed by atoms with E-state index in [1.165, 1.54) is 11.3 Å². The van der Waals surface area contributed by atoms with Gasteiger partial charge >= 0.3 is 0 Å². The summed E-state index contributed by atoms with van der Waals surface area (Å²) in [5, 5.41) is 11.1. The maximum Gasteiger partial charge on any atom is 0.172 e. The van der Waals surface area contributed by atoms with Gasteiger partial charge in [0.05, 0.1) is 11.6 Å². The lowest BCUT2D eigenvalue weighted by Crippen LogP contribution is -1.92. The van der Waals surface area contributed by atoms with Gasteiger partial charge in [-0.25, -0.2) is 0 Å². The van der Waals surface area contributed by atoms with Gasteiger partial charge in [0.15, 0.2) is 5.06 Å². The molecule has 0 radical (unpaired) electrons. The van der Waals surface area contributed by atoms with Crippen molar-refractivity contribution in [3.05, 3.63) is 23.2 Å². The normalized spacial score (nSPS) is 10.7. The van der Waals surface area contributed by atoms with E-state index in [-0.39, 0.29) is 5.06 Å². The van der Waals surface area contributed by atoms with Gasteiger partial charge in [-0.05, 0) is 19.1 Å². The number of rotatable bonds is 2. The van der Waals surface area contributed by atoms with Crippen molar-refractivity contribution in [2.75, 3.05) is 6.61 Å². The lowest BCUT2D eigenvalue weighted by Gasteiger charge is -2.06. The predicted molar refractivity (Wildman–Crippen MR) is 59.7 cm³/mol. The third-order valence-corrected chi connectivity index (χ3v) is 3.08. The lowest BCUT2D eigenvalue weighted by atomic mass is 10.2. The summed E-state index contributed by atoms with van der Waals surface area (Å²) in [6, 6.07) is 5.34. The Hall–Kier alpha value is -0.930. The third kappa shape index (κ3) is 1.53. The van der Waals surface area contributed by atoms with E-state index in [0.29, 0.717) is 17.4 Å². The van der Waals surface area contributed by atoms with Crippen molar-refractivity contribution < 1.29 is 9.84 Å². The van der Waals surface area contributed by atoms with Crippen molar-refractivity contribution >= 4 is 33.0 Å². The van der Waals surface area contributed by atoms with E-state index in [4.69, 9.17) is 16.3 Å². The summed E-state index contributed by atoms with van der Waals surface area (Å²) in [4.78, 5) is 0. The van der Waals surface area contributed by atoms with Gasteiger partial charge in [0.2, 0.25) is 0 Å². The van der Waals surface area contributed by atoms with Crippen LogP contribution in [0.25, 0.3) is 10.1 Å². The highest BCUT2D eigenvalue weighted by Crippen LogP contribution is 2.40. The highest BCUT2D eigenvalue weighted by molar-refractivity contribution is 7.20. The molecule has 0 saturated carbocycles. The van der Waals surface area contributed by atoms with Gasteiger partial charge in [-0.3, -0.25) is 0 Å². The first-order chi connectivity index (χ1) is 6.72. The van der Waals surface area contributed by atoms with Crippen molar-refractivity contribution in [1.29, 1.82) is 0 Å². The van der Waals surface area contributed by atoms with Crippen LogP contribution in [-0.4, -0.2) is 11.7 Å². The van der Waals surface area contributed by atoms with Gasteiger partial charge in [-0.2, -0.15) is 0 Å². The summed E-state index contributed by atoms with van der Waals surface area (Å²) in [7, 11) is 0. The molecule has 1 heterocycles. The molecular weight excluding hydrogens is 220 g/mol. The number of hydrogen-bond donors (Lipinski definition) is 1. The van der Waals surface area contributed by atoms with Gasteiger partial charge in [-0.15, -0.1) is 0 Å². The second kappa shape index (κ2) is 3.67. The largest absolute Gasteiger partial charge is 0.499 e. The molecule has 0 aliphatic rings. The van der Waals surface area contributed by atoms with Crippen molar-refractivity contribution in [2.24, 2.45) is 0 Å². The highest BCUT2D eigenvalue weighted by atomic mass is 35.5. The van der Waals surface area contributed by atoms with Crippen molar-refractivity contribution in [1.82, 2.24) is 0 Å². The molecule has 0 atom stereocenters. The Morgan fingerprint density at radius 1 is 1.50 bits per heavy atom. The van der Waals surface area contributed by atoms with Crippen LogP contribution in [0.5, 0.6) is 10.8 Å². The standard InChI is InChI=1S/C10H9ClO2S/c1-2-13-10-6-5-9(12)14-8(6)4-3-7(10)11/h3-5,12H,2H2,1H3. The first-order valence-corrected chi connectivity index (χ1v) is 5.45. The molecule has 2 rings (SSSR count). The zero-order valence-corrected chi connectivity index (χ0v) is 9.15. The van der Waals surface area contributed by atoms with Crippen LogP contribution in [-0.2, 0) is 0 Å². The summed E-state index contributed by atoms with van der Waals surface area (Å²) in [5.41, 5.74) is 0. The average Bonchev–Trinajstić information content (AvgIpc) is 2.51. The molecule has 0 fully saturated rings. The molecule has 14 heavy (non-hydrogen) atoms. The number of thiophene rings is 1. The first-order valence-electron chi connectivity index (χ1n) is 4.26. The van der Waals surface area contributed by atoms with Crippen molar-refractivity contribution in [3.63, 3.8) is 0 Å². The molecule has 4 heteroatoms. The van der Waals surface area contributed by atoms with Gasteiger partial charge in [-0.1, -0.05) is 22.9 Å². The molecule has 0 aliphatic heterocycles. The Kier molecular flexibility index (Phi) is 2.52. The van der Waals surface area contributed by atoms with Crippen LogP contribution in [0.1, 0.15) is 6.92 Å². The molecule has 0 aliphatic carbocycles. The third-order valence-electron chi connectivity index (χ3n) is 1.88. The van der Waals surface area contributed by atoms with E-state index < -0.39 is 0 Å². The summed E-state index contributed by atoms with van der Waals surface area (Å²) >= 11 is 7.31. The van der Waals surface area contributed by atoms with E-state index in [1.54, 1.807) is 12.1 Å². The molecule has 1 N–H and O–H groups in total. The SMILES string of the molecule is CCOc1c(Cl)ccc2sc(O)cc12. The molecule has 2 aromatic rings. The number of fused-ring (bicyclic) bond motifs is 1. The van der Waals surface area contributed by atoms with Gasteiger partial charge in [0.25, 0.3) is 0 Å². The Morgan fingerprint density at radius 3 is 3.00 bits per heavy atom. The molecule has 0 saturated heterocycles. The molecule has 0 spiro atoms. The minimum atomic E-state index is 0.281. The summed E-state index contributed by atoms with van der Waals surface area (Å²) in [6.45, 7) is 2.47. The summed E-state index contributed by atoms with van der Waals surface area (Å²) < 4.78 is 6.41. The van der Waals surface area contributed by atoms with Crippen LogP contribution < -0.4 is 4.74 Å². The summed E-state index contributed by atoms with van der Waals surface area (Å²) in [6.07, 6.45) is 0. The predicted octanol–water partition coefficient (Wildman–Crippen LogP) is 3.66. The summed E-state index contributed by atoms with van der Waals surface area (Å²) in [5.74, 6) is 0.656. The van der Waals surface area contributed by atoms with Gasteiger partial charge in [0.1, 0.15) is 5.75 Å². The minimum absolute atomic E-state index is 0.281. The molecule has 74 valence electrons. The van der Waals surface area contributed by atoms with Crippen LogP contribution in [0.15, 0.2) is 18.2 Å². The zero-order chi connectivity index (χ0) is 10.1. The second-order valence-electron chi connectivity index (χ2n) is 2.81. The maximum absolute atomic E-state index is 9.36. The lowest BCUT2D eigenvalue weighted by molar-refractivity contribution is 0.344. The van der Waals surface area contributed by atoms with Crippen LogP contribution in [0, 0.1) is 0 Å². The fraction of sp³-hybridized carbons (Fsp3) is 0.200. The van der Waals surface area contributed by atoms with Gasteiger partial charge < -0.3 is 9.84 Å². The van der Waals surface area contributed by atoms with E-state index in [9.17, 15) is 5.11 Å². The fourth-order valence-corrected chi connectivity index (χ4v) is 2.36. The fourth-order valence-electron chi connectivity index (χ4n) is 1.34. The first kappa shape index (κ1) is 9.62. The molecular formula is C10H9ClO2S. The molecule has 2 nitrogen and oxygen atoms in total.